The number of fused-ring (bicyclic) bond motifs is 1. The first kappa shape index (κ1) is 35.9. The van der Waals surface area contributed by atoms with Gasteiger partial charge in [-0.2, -0.15) is 0 Å². The van der Waals surface area contributed by atoms with Crippen LogP contribution in [0.25, 0.3) is 21.0 Å². The molecule has 0 spiro atoms. The van der Waals surface area contributed by atoms with E-state index in [2.05, 4.69) is 56.0 Å². The molecule has 0 unspecified atom stereocenters. The topological polar surface area (TPSA) is 42.4 Å². The number of carbonyl (C=O) groups excluding carboxylic acids is 1. The standard InChI is InChI=1S/C24H23NOS.C5H9NO.C3H8.2C2H6/c1-4-7-18-14-19(12-13-22(18)26-16(2)3)24-25-15-23(27-24)21-11-6-9-17-8-5-10-20(17)21;7-5-6-3-1-2-4-6;1-3-2;2*1-2/h6,9,11-16H,5,8,10H2,1-3H3;5H,1-4H2;3H2,1-2H3;2*1-2H3. The van der Waals surface area contributed by atoms with E-state index in [9.17, 15) is 4.79 Å². The second-order valence-corrected chi connectivity index (χ2v) is 10.7. The van der Waals surface area contributed by atoms with Crippen molar-refractivity contribution in [2.75, 3.05) is 13.1 Å². The van der Waals surface area contributed by atoms with Gasteiger partial charge in [0.1, 0.15) is 10.8 Å². The molecule has 0 radical (unpaired) electrons. The highest BCUT2D eigenvalue weighted by Gasteiger charge is 2.17. The molecule has 5 heteroatoms. The number of benzene rings is 2. The van der Waals surface area contributed by atoms with Gasteiger partial charge in [-0.05, 0) is 87.8 Å². The summed E-state index contributed by atoms with van der Waals surface area (Å²) in [4.78, 5) is 17.7. The third-order valence-corrected chi connectivity index (χ3v) is 7.14. The van der Waals surface area contributed by atoms with Crippen molar-refractivity contribution in [3.63, 3.8) is 0 Å². The number of rotatable bonds is 5. The van der Waals surface area contributed by atoms with Crippen LogP contribution in [0.3, 0.4) is 0 Å². The molecule has 41 heavy (non-hydrogen) atoms. The largest absolute Gasteiger partial charge is 0.490 e. The van der Waals surface area contributed by atoms with Gasteiger partial charge in [0.25, 0.3) is 0 Å². The number of carbonyl (C=O) groups is 1. The Morgan fingerprint density at radius 1 is 1.02 bits per heavy atom. The number of thiazole rings is 1. The van der Waals surface area contributed by atoms with Crippen molar-refractivity contribution in [1.82, 2.24) is 9.88 Å². The highest BCUT2D eigenvalue weighted by molar-refractivity contribution is 7.18. The smallest absolute Gasteiger partial charge is 0.209 e. The highest BCUT2D eigenvalue weighted by atomic mass is 32.1. The molecule has 1 aliphatic carbocycles. The van der Waals surface area contributed by atoms with Gasteiger partial charge < -0.3 is 9.64 Å². The van der Waals surface area contributed by atoms with Crippen LogP contribution < -0.4 is 4.74 Å². The maximum Gasteiger partial charge on any atom is 0.209 e. The maximum absolute atomic E-state index is 9.93. The van der Waals surface area contributed by atoms with Gasteiger partial charge in [-0.1, -0.05) is 72.1 Å². The molecule has 0 saturated carbocycles. The number of likely N-dealkylation sites (tertiary alicyclic amines) is 1. The molecule has 0 bridgehead atoms. The third kappa shape index (κ3) is 11.4. The average Bonchev–Trinajstić information content (AvgIpc) is 3.79. The number of aryl methyl sites for hydroxylation is 1. The summed E-state index contributed by atoms with van der Waals surface area (Å²) in [5.74, 6) is 6.99. The molecule has 3 aromatic rings. The summed E-state index contributed by atoms with van der Waals surface area (Å²) in [6, 6.07) is 12.8. The zero-order valence-electron chi connectivity index (χ0n) is 27.0. The van der Waals surface area contributed by atoms with E-state index >= 15 is 0 Å². The van der Waals surface area contributed by atoms with Crippen LogP contribution in [0.1, 0.15) is 105 Å². The van der Waals surface area contributed by atoms with E-state index in [1.165, 1.54) is 60.1 Å². The Bertz CT molecular complexity index is 1210. The summed E-state index contributed by atoms with van der Waals surface area (Å²) >= 11 is 1.75. The number of ether oxygens (including phenoxy) is 1. The van der Waals surface area contributed by atoms with Gasteiger partial charge in [-0.15, -0.1) is 17.3 Å². The van der Waals surface area contributed by atoms with Crippen molar-refractivity contribution in [3.8, 4) is 38.6 Å². The van der Waals surface area contributed by atoms with Crippen molar-refractivity contribution in [3.05, 3.63) is 59.3 Å². The van der Waals surface area contributed by atoms with Crippen molar-refractivity contribution in [1.29, 1.82) is 0 Å². The molecule has 5 rings (SSSR count). The summed E-state index contributed by atoms with van der Waals surface area (Å²) in [6.45, 7) is 20.1. The Labute approximate surface area is 254 Å². The Morgan fingerprint density at radius 3 is 2.29 bits per heavy atom. The monoisotopic (exact) mass is 576 g/mol. The van der Waals surface area contributed by atoms with Crippen LogP contribution in [0.2, 0.25) is 0 Å². The van der Waals surface area contributed by atoms with Gasteiger partial charge in [0.15, 0.2) is 0 Å². The Kier molecular flexibility index (Phi) is 18.2. The summed E-state index contributed by atoms with van der Waals surface area (Å²) in [5, 5.41) is 1.02. The first-order valence-corrected chi connectivity index (χ1v) is 16.3. The van der Waals surface area contributed by atoms with Crippen molar-refractivity contribution in [2.45, 2.75) is 107 Å². The van der Waals surface area contributed by atoms with Crippen LogP contribution in [0.15, 0.2) is 42.6 Å². The Hall–Kier alpha value is -3.10. The zero-order chi connectivity index (χ0) is 30.6. The minimum atomic E-state index is 0.125. The van der Waals surface area contributed by atoms with E-state index < -0.39 is 0 Å². The highest BCUT2D eigenvalue weighted by Crippen LogP contribution is 2.38. The Balaban J connectivity index is 0.000000503. The van der Waals surface area contributed by atoms with Gasteiger partial charge in [-0.25, -0.2) is 4.98 Å². The van der Waals surface area contributed by atoms with Crippen LogP contribution in [-0.4, -0.2) is 35.5 Å². The Morgan fingerprint density at radius 2 is 1.71 bits per heavy atom. The van der Waals surface area contributed by atoms with Crippen LogP contribution in [-0.2, 0) is 17.6 Å². The number of hydrogen-bond acceptors (Lipinski definition) is 4. The molecule has 1 saturated heterocycles. The molecule has 1 aromatic heterocycles. The van der Waals surface area contributed by atoms with Crippen LogP contribution in [0, 0.1) is 11.8 Å². The lowest BCUT2D eigenvalue weighted by Crippen LogP contribution is -2.15. The first-order valence-electron chi connectivity index (χ1n) is 15.5. The third-order valence-electron chi connectivity index (χ3n) is 6.06. The second-order valence-electron chi connectivity index (χ2n) is 9.63. The molecule has 224 valence electrons. The van der Waals surface area contributed by atoms with Crippen molar-refractivity contribution < 1.29 is 9.53 Å². The van der Waals surface area contributed by atoms with Gasteiger partial charge in [0.2, 0.25) is 6.41 Å². The molecular formula is C36H52N2O2S. The number of amides is 1. The molecule has 0 N–H and O–H groups in total. The fourth-order valence-corrected chi connectivity index (χ4v) is 5.45. The zero-order valence-corrected chi connectivity index (χ0v) is 27.8. The van der Waals surface area contributed by atoms with Crippen LogP contribution >= 0.6 is 11.3 Å². The lowest BCUT2D eigenvalue weighted by atomic mass is 10.0. The van der Waals surface area contributed by atoms with Crippen molar-refractivity contribution in [2.24, 2.45) is 0 Å². The molecule has 4 nitrogen and oxygen atoms in total. The molecule has 2 heterocycles. The number of hydrogen-bond donors (Lipinski definition) is 0. The minimum Gasteiger partial charge on any atom is -0.490 e. The van der Waals surface area contributed by atoms with E-state index in [0.717, 1.165) is 41.4 Å². The van der Waals surface area contributed by atoms with E-state index in [1.807, 2.05) is 60.7 Å². The molecule has 1 fully saturated rings. The van der Waals surface area contributed by atoms with Gasteiger partial charge >= 0.3 is 0 Å². The lowest BCUT2D eigenvalue weighted by Gasteiger charge is -2.12. The average molecular weight is 577 g/mol. The molecule has 2 aliphatic rings. The number of aromatic nitrogens is 1. The summed E-state index contributed by atoms with van der Waals surface area (Å²) in [7, 11) is 0. The quantitative estimate of drug-likeness (QED) is 0.224. The van der Waals surface area contributed by atoms with E-state index in [1.54, 1.807) is 16.2 Å². The molecule has 1 aliphatic heterocycles. The number of nitrogens with zero attached hydrogens (tertiary/aromatic N) is 2. The molecular weight excluding hydrogens is 524 g/mol. The predicted octanol–water partition coefficient (Wildman–Crippen LogP) is 9.83. The van der Waals surface area contributed by atoms with E-state index in [-0.39, 0.29) is 6.10 Å². The maximum atomic E-state index is 9.93. The fraction of sp³-hybridized carbons (Fsp3) is 0.500. The first-order chi connectivity index (χ1) is 20.0. The van der Waals surface area contributed by atoms with Crippen LogP contribution in [0.4, 0.5) is 0 Å². The summed E-state index contributed by atoms with van der Waals surface area (Å²) < 4.78 is 5.89. The SMILES string of the molecule is CC.CC.CC#Cc1cc(-c2ncc(-c3cccc4c3CCC4)s2)ccc1OC(C)C.CCC.O=CN1CCCC1. The molecule has 0 atom stereocenters. The predicted molar refractivity (Wildman–Crippen MR) is 179 cm³/mol. The van der Waals surface area contributed by atoms with E-state index in [0.29, 0.717) is 0 Å². The van der Waals surface area contributed by atoms with Crippen molar-refractivity contribution >= 4 is 17.7 Å². The fourth-order valence-electron chi connectivity index (χ4n) is 4.48. The van der Waals surface area contributed by atoms with Gasteiger partial charge in [0, 0.05) is 24.8 Å². The van der Waals surface area contributed by atoms with Gasteiger partial charge in [-0.3, -0.25) is 4.79 Å². The minimum absolute atomic E-state index is 0.125. The molecule has 1 amide bonds. The normalized spacial score (nSPS) is 12.5. The lowest BCUT2D eigenvalue weighted by molar-refractivity contribution is -0.117. The van der Waals surface area contributed by atoms with Gasteiger partial charge in [0.05, 0.1) is 16.5 Å². The van der Waals surface area contributed by atoms with E-state index in [4.69, 9.17) is 9.72 Å². The summed E-state index contributed by atoms with van der Waals surface area (Å²) in [6.07, 6.45) is 10.3. The van der Waals surface area contributed by atoms with Crippen LogP contribution in [0.5, 0.6) is 5.75 Å². The molecule has 2 aromatic carbocycles. The summed E-state index contributed by atoms with van der Waals surface area (Å²) in [5.41, 5.74) is 6.36. The second kappa shape index (κ2) is 20.7.